The number of aromatic amines is 1. The van der Waals surface area contributed by atoms with Crippen LogP contribution >= 0.6 is 0 Å². The van der Waals surface area contributed by atoms with Crippen LogP contribution in [-0.2, 0) is 11.3 Å². The number of carbonyl (C=O) groups excluding carboxylic acids is 1. The lowest BCUT2D eigenvalue weighted by molar-refractivity contribution is -0.111. The first-order valence-electron chi connectivity index (χ1n) is 11.9. The van der Waals surface area contributed by atoms with E-state index in [4.69, 9.17) is 0 Å². The minimum atomic E-state index is -0.131. The van der Waals surface area contributed by atoms with Crippen LogP contribution in [-0.4, -0.2) is 20.4 Å². The fourth-order valence-corrected chi connectivity index (χ4v) is 4.13. The Morgan fingerprint density at radius 3 is 2.88 bits per heavy atom. The highest BCUT2D eigenvalue weighted by Gasteiger charge is 2.22. The summed E-state index contributed by atoms with van der Waals surface area (Å²) in [5.41, 5.74) is 5.50. The van der Waals surface area contributed by atoms with E-state index in [1.54, 1.807) is 12.1 Å². The summed E-state index contributed by atoms with van der Waals surface area (Å²) in [5, 5.41) is 3.92. The van der Waals surface area contributed by atoms with E-state index in [0.717, 1.165) is 58.4 Å². The zero-order valence-electron chi connectivity index (χ0n) is 19.3. The zero-order valence-corrected chi connectivity index (χ0v) is 19.3. The number of hydrogen-bond donors (Lipinski definition) is 2. The number of benzene rings is 1. The molecule has 3 aromatic heterocycles. The number of amides is 1. The average molecular weight is 453 g/mol. The number of hydrogen-bond acceptors (Lipinski definition) is 3. The summed E-state index contributed by atoms with van der Waals surface area (Å²) >= 11 is 0. The molecular formula is C28H28N4O2. The minimum Gasteiger partial charge on any atom is -0.346 e. The molecule has 1 amide bonds. The molecule has 0 atom stereocenters. The molecule has 3 heterocycles. The quantitative estimate of drug-likeness (QED) is 0.333. The molecule has 2 N–H and O–H groups in total. The van der Waals surface area contributed by atoms with Crippen molar-refractivity contribution in [3.63, 3.8) is 0 Å². The lowest BCUT2D eigenvalue weighted by atomic mass is 10.0. The first kappa shape index (κ1) is 21.9. The van der Waals surface area contributed by atoms with Crippen molar-refractivity contribution < 1.29 is 4.79 Å². The predicted molar refractivity (Wildman–Crippen MR) is 137 cm³/mol. The van der Waals surface area contributed by atoms with Crippen LogP contribution in [0, 0.1) is 5.92 Å². The second-order valence-corrected chi connectivity index (χ2v) is 8.94. The highest BCUT2D eigenvalue weighted by Crippen LogP contribution is 2.33. The van der Waals surface area contributed by atoms with Crippen molar-refractivity contribution in [3.05, 3.63) is 83.6 Å². The van der Waals surface area contributed by atoms with E-state index >= 15 is 0 Å². The third-order valence-electron chi connectivity index (χ3n) is 6.17. The highest BCUT2D eigenvalue weighted by atomic mass is 16.1. The molecule has 0 radical (unpaired) electrons. The number of nitrogens with one attached hydrogen (secondary N) is 2. The fourth-order valence-electron chi connectivity index (χ4n) is 4.13. The summed E-state index contributed by atoms with van der Waals surface area (Å²) in [4.78, 5) is 32.3. The molecule has 1 saturated carbocycles. The molecule has 0 saturated heterocycles. The van der Waals surface area contributed by atoms with Crippen LogP contribution in [0.1, 0.15) is 32.6 Å². The molecule has 4 aromatic rings. The molecule has 34 heavy (non-hydrogen) atoms. The van der Waals surface area contributed by atoms with Crippen molar-refractivity contribution in [3.8, 4) is 22.3 Å². The highest BCUT2D eigenvalue weighted by molar-refractivity contribution is 6.00. The summed E-state index contributed by atoms with van der Waals surface area (Å²) in [6, 6.07) is 13.4. The van der Waals surface area contributed by atoms with Gasteiger partial charge in [-0.25, -0.2) is 4.98 Å². The van der Waals surface area contributed by atoms with Crippen molar-refractivity contribution in [2.45, 2.75) is 39.2 Å². The van der Waals surface area contributed by atoms with Gasteiger partial charge in [-0.1, -0.05) is 31.6 Å². The summed E-state index contributed by atoms with van der Waals surface area (Å²) < 4.78 is 1.82. The molecular weight excluding hydrogens is 424 g/mol. The molecule has 172 valence electrons. The number of allylic oxidation sites excluding steroid dienone is 1. The molecule has 6 heteroatoms. The van der Waals surface area contributed by atoms with Crippen LogP contribution < -0.4 is 10.9 Å². The first-order valence-corrected chi connectivity index (χ1v) is 11.9. The smallest absolute Gasteiger partial charge is 0.250 e. The van der Waals surface area contributed by atoms with E-state index in [2.05, 4.69) is 28.3 Å². The van der Waals surface area contributed by atoms with Gasteiger partial charge in [-0.3, -0.25) is 9.59 Å². The molecule has 1 aromatic carbocycles. The Kier molecular flexibility index (Phi) is 6.12. The molecule has 0 aliphatic heterocycles. The molecule has 1 aliphatic rings. The number of unbranched alkanes of at least 4 members (excludes halogenated alkanes) is 1. The van der Waals surface area contributed by atoms with Crippen LogP contribution in [0.2, 0.25) is 0 Å². The number of pyridine rings is 2. The van der Waals surface area contributed by atoms with Gasteiger partial charge in [-0.15, -0.1) is 0 Å². The number of aromatic nitrogens is 3. The lowest BCUT2D eigenvalue weighted by Gasteiger charge is -2.08. The molecule has 0 spiro atoms. The van der Waals surface area contributed by atoms with Gasteiger partial charge in [0.05, 0.1) is 0 Å². The number of H-pyrrole nitrogens is 1. The Morgan fingerprint density at radius 2 is 2.06 bits per heavy atom. The van der Waals surface area contributed by atoms with Gasteiger partial charge >= 0.3 is 0 Å². The van der Waals surface area contributed by atoms with E-state index < -0.39 is 0 Å². The Hall–Kier alpha value is -3.93. The van der Waals surface area contributed by atoms with Gasteiger partial charge < -0.3 is 14.9 Å². The van der Waals surface area contributed by atoms with Crippen molar-refractivity contribution in [2.75, 3.05) is 5.32 Å². The van der Waals surface area contributed by atoms with Crippen molar-refractivity contribution in [1.82, 2.24) is 14.5 Å². The summed E-state index contributed by atoms with van der Waals surface area (Å²) in [5.74, 6) is 0.493. The monoisotopic (exact) mass is 452 g/mol. The Bertz CT molecular complexity index is 1430. The summed E-state index contributed by atoms with van der Waals surface area (Å²) in [7, 11) is 0. The maximum absolute atomic E-state index is 12.3. The molecule has 6 nitrogen and oxygen atoms in total. The van der Waals surface area contributed by atoms with Crippen molar-refractivity contribution in [2.24, 2.45) is 5.92 Å². The number of fused-ring (bicyclic) bond motifs is 1. The fraction of sp³-hybridized carbons (Fsp3) is 0.250. The second kappa shape index (κ2) is 9.51. The van der Waals surface area contributed by atoms with E-state index in [1.165, 1.54) is 12.8 Å². The average Bonchev–Trinajstić information content (AvgIpc) is 3.56. The Morgan fingerprint density at radius 1 is 1.18 bits per heavy atom. The number of rotatable bonds is 8. The maximum Gasteiger partial charge on any atom is 0.250 e. The second-order valence-electron chi connectivity index (χ2n) is 8.94. The number of anilines is 1. The van der Waals surface area contributed by atoms with E-state index in [9.17, 15) is 9.59 Å². The van der Waals surface area contributed by atoms with Gasteiger partial charge in [0.1, 0.15) is 5.65 Å². The van der Waals surface area contributed by atoms with E-state index in [0.29, 0.717) is 5.92 Å². The third-order valence-corrected chi connectivity index (χ3v) is 6.17. The first-order chi connectivity index (χ1) is 16.6. The van der Waals surface area contributed by atoms with Crippen LogP contribution in [0.15, 0.2) is 78.0 Å². The minimum absolute atomic E-state index is 0.0395. The van der Waals surface area contributed by atoms with Gasteiger partial charge in [-0.2, -0.15) is 0 Å². The van der Waals surface area contributed by atoms with Gasteiger partial charge in [-0.05, 0) is 61.1 Å². The van der Waals surface area contributed by atoms with Gasteiger partial charge in [0.2, 0.25) is 5.91 Å². The Balaban J connectivity index is 1.45. The van der Waals surface area contributed by atoms with Crippen molar-refractivity contribution in [1.29, 1.82) is 0 Å². The van der Waals surface area contributed by atoms with Crippen LogP contribution in [0.3, 0.4) is 0 Å². The molecule has 0 unspecified atom stereocenters. The zero-order chi connectivity index (χ0) is 23.5. The van der Waals surface area contributed by atoms with Crippen LogP contribution in [0.4, 0.5) is 5.69 Å². The van der Waals surface area contributed by atoms with Crippen LogP contribution in [0.5, 0.6) is 0 Å². The SMILES string of the molecule is CCC/C=C/C(=O)Nc1cccc(-c2cnc3[nH]cc(-c4ccc(=O)n(CC5CC5)c4)c3c2)c1. The van der Waals surface area contributed by atoms with Gasteiger partial charge in [0.15, 0.2) is 0 Å². The van der Waals surface area contributed by atoms with Crippen molar-refractivity contribution >= 4 is 22.6 Å². The van der Waals surface area contributed by atoms with E-state index in [1.807, 2.05) is 59.6 Å². The number of nitrogens with zero attached hydrogens (tertiary/aromatic N) is 2. The maximum atomic E-state index is 12.3. The molecule has 1 fully saturated rings. The number of carbonyl (C=O) groups is 1. The summed E-state index contributed by atoms with van der Waals surface area (Å²) in [6.45, 7) is 2.86. The van der Waals surface area contributed by atoms with Gasteiger partial charge in [0.25, 0.3) is 5.56 Å². The predicted octanol–water partition coefficient (Wildman–Crippen LogP) is 5.76. The Labute approximate surface area is 198 Å². The standard InChI is InChI=1S/C28H28N4O2/c1-2-3-4-8-26(33)31-23-7-5-6-20(13-23)22-14-24-25(16-30-28(24)29-15-22)21-11-12-27(34)32(18-21)17-19-9-10-19/h4-8,11-16,18-19H,2-3,9-10,17H2,1H3,(H,29,30)(H,31,33)/b8-4+. The normalized spacial score (nSPS) is 13.6. The molecule has 5 rings (SSSR count). The van der Waals surface area contributed by atoms with E-state index in [-0.39, 0.29) is 11.5 Å². The lowest BCUT2D eigenvalue weighted by Crippen LogP contribution is -2.19. The molecule has 1 aliphatic carbocycles. The summed E-state index contributed by atoms with van der Waals surface area (Å²) in [6.07, 6.45) is 13.5. The largest absolute Gasteiger partial charge is 0.346 e. The third kappa shape index (κ3) is 4.86. The van der Waals surface area contributed by atoms with Crippen LogP contribution in [0.25, 0.3) is 33.3 Å². The topological polar surface area (TPSA) is 79.8 Å². The van der Waals surface area contributed by atoms with Gasteiger partial charge in [0, 0.05) is 59.0 Å². The molecule has 0 bridgehead atoms.